The average molecular weight is 220 g/mol. The summed E-state index contributed by atoms with van der Waals surface area (Å²) >= 11 is 1.29. The van der Waals surface area contributed by atoms with Gasteiger partial charge in [0.2, 0.25) is 0 Å². The second-order valence-corrected chi connectivity index (χ2v) is 3.64. The Balaban J connectivity index is 2.32. The van der Waals surface area contributed by atoms with Gasteiger partial charge in [-0.25, -0.2) is 4.98 Å². The number of hydrogen-bond acceptors (Lipinski definition) is 5. The van der Waals surface area contributed by atoms with Gasteiger partial charge < -0.3 is 10.7 Å². The van der Waals surface area contributed by atoms with Gasteiger partial charge in [-0.1, -0.05) is 0 Å². The monoisotopic (exact) mass is 220 g/mol. The normalized spacial score (nSPS) is 10.1. The van der Waals surface area contributed by atoms with E-state index >= 15 is 0 Å². The number of nitrogen functional groups attached to an aromatic ring is 1. The molecule has 4 N–H and O–H groups in total. The predicted octanol–water partition coefficient (Wildman–Crippen LogP) is 0.635. The molecule has 76 valence electrons. The van der Waals surface area contributed by atoms with E-state index in [1.807, 2.05) is 0 Å². The number of H-pyrrole nitrogens is 1. The van der Waals surface area contributed by atoms with Crippen molar-refractivity contribution in [1.29, 1.82) is 5.41 Å². The number of nitrogens with two attached hydrogens (primary N) is 1. The van der Waals surface area contributed by atoms with Crippen LogP contribution in [0.15, 0.2) is 34.8 Å². The third-order valence-electron chi connectivity index (χ3n) is 1.64. The highest BCUT2D eigenvalue weighted by molar-refractivity contribution is 7.99. The van der Waals surface area contributed by atoms with Crippen molar-refractivity contribution >= 4 is 17.6 Å². The average Bonchev–Trinajstić information content (AvgIpc) is 2.71. The van der Waals surface area contributed by atoms with Crippen molar-refractivity contribution < 1.29 is 0 Å². The van der Waals surface area contributed by atoms with Gasteiger partial charge in [-0.3, -0.25) is 5.41 Å². The first-order chi connectivity index (χ1) is 7.27. The van der Waals surface area contributed by atoms with Gasteiger partial charge in [0.15, 0.2) is 5.16 Å². The molecule has 0 saturated heterocycles. The van der Waals surface area contributed by atoms with Crippen LogP contribution in [0.2, 0.25) is 0 Å². The van der Waals surface area contributed by atoms with Gasteiger partial charge in [0.1, 0.15) is 10.9 Å². The molecule has 0 aliphatic carbocycles. The molecule has 0 radical (unpaired) electrons. The van der Waals surface area contributed by atoms with Crippen LogP contribution in [-0.4, -0.2) is 26.0 Å². The molecule has 7 heteroatoms. The number of aromatic amines is 1. The van der Waals surface area contributed by atoms with Gasteiger partial charge in [0.05, 0.1) is 11.8 Å². The maximum Gasteiger partial charge on any atom is 0.171 e. The summed E-state index contributed by atoms with van der Waals surface area (Å²) in [4.78, 5) is 6.96. The van der Waals surface area contributed by atoms with Crippen molar-refractivity contribution in [2.75, 3.05) is 0 Å². The maximum atomic E-state index is 7.37. The lowest BCUT2D eigenvalue weighted by Crippen LogP contribution is -2.13. The van der Waals surface area contributed by atoms with Crippen molar-refractivity contribution in [3.8, 4) is 0 Å². The minimum absolute atomic E-state index is 0.0287. The molecule has 2 rings (SSSR count). The van der Waals surface area contributed by atoms with Crippen LogP contribution in [-0.2, 0) is 0 Å². The molecule has 0 aliphatic rings. The zero-order chi connectivity index (χ0) is 10.7. The van der Waals surface area contributed by atoms with Crippen molar-refractivity contribution in [3.63, 3.8) is 0 Å². The first kappa shape index (κ1) is 9.66. The number of imidazole rings is 1. The molecule has 0 aromatic carbocycles. The number of aromatic nitrogens is 4. The summed E-state index contributed by atoms with van der Waals surface area (Å²) in [6, 6.07) is 1.65. The molecule has 2 heterocycles. The lowest BCUT2D eigenvalue weighted by molar-refractivity contribution is 0.914. The molecule has 0 bridgehead atoms. The number of amidine groups is 1. The zero-order valence-electron chi connectivity index (χ0n) is 7.64. The molecular formula is C8H8N6S. The number of rotatable bonds is 3. The lowest BCUT2D eigenvalue weighted by atomic mass is 10.3. The van der Waals surface area contributed by atoms with Gasteiger partial charge in [0, 0.05) is 12.4 Å². The third kappa shape index (κ3) is 2.13. The SMILES string of the molecule is N=C(N)c1ccnnc1Sc1ncc[nH]1. The zero-order valence-corrected chi connectivity index (χ0v) is 8.45. The van der Waals surface area contributed by atoms with E-state index in [4.69, 9.17) is 11.1 Å². The summed E-state index contributed by atoms with van der Waals surface area (Å²) in [6.07, 6.45) is 4.86. The molecule has 6 nitrogen and oxygen atoms in total. The Hall–Kier alpha value is -1.89. The van der Waals surface area contributed by atoms with Crippen LogP contribution in [0.25, 0.3) is 0 Å². The fraction of sp³-hybridized carbons (Fsp3) is 0. The Labute approximate surface area is 89.8 Å². The molecule has 0 fully saturated rings. The van der Waals surface area contributed by atoms with E-state index in [-0.39, 0.29) is 5.84 Å². The van der Waals surface area contributed by atoms with Crippen LogP contribution in [0.5, 0.6) is 0 Å². The summed E-state index contributed by atoms with van der Waals surface area (Å²) in [6.45, 7) is 0. The van der Waals surface area contributed by atoms with Gasteiger partial charge in [-0.15, -0.1) is 5.10 Å². The molecule has 0 aliphatic heterocycles. The number of hydrogen-bond donors (Lipinski definition) is 3. The topological polar surface area (TPSA) is 104 Å². The minimum atomic E-state index is -0.0287. The van der Waals surface area contributed by atoms with Gasteiger partial charge in [0.25, 0.3) is 0 Å². The van der Waals surface area contributed by atoms with Crippen LogP contribution >= 0.6 is 11.8 Å². The fourth-order valence-corrected chi connectivity index (χ4v) is 1.80. The molecule has 0 spiro atoms. The first-order valence-corrected chi connectivity index (χ1v) is 4.92. The van der Waals surface area contributed by atoms with Gasteiger partial charge in [-0.05, 0) is 17.8 Å². The van der Waals surface area contributed by atoms with Crippen molar-refractivity contribution in [2.45, 2.75) is 10.2 Å². The highest BCUT2D eigenvalue weighted by Crippen LogP contribution is 2.24. The molecule has 0 saturated carbocycles. The summed E-state index contributed by atoms with van der Waals surface area (Å²) in [7, 11) is 0. The van der Waals surface area contributed by atoms with Crippen molar-refractivity contribution in [2.24, 2.45) is 5.73 Å². The molecule has 0 amide bonds. The summed E-state index contributed by atoms with van der Waals surface area (Å²) in [5.41, 5.74) is 5.98. The highest BCUT2D eigenvalue weighted by Gasteiger charge is 2.09. The molecule has 2 aromatic heterocycles. The minimum Gasteiger partial charge on any atom is -0.384 e. The fourth-order valence-electron chi connectivity index (χ4n) is 0.997. The van der Waals surface area contributed by atoms with Gasteiger partial charge >= 0.3 is 0 Å². The van der Waals surface area contributed by atoms with E-state index in [0.29, 0.717) is 15.7 Å². The van der Waals surface area contributed by atoms with Crippen molar-refractivity contribution in [1.82, 2.24) is 20.2 Å². The lowest BCUT2D eigenvalue weighted by Gasteiger charge is -2.02. The van der Waals surface area contributed by atoms with Crippen molar-refractivity contribution in [3.05, 3.63) is 30.2 Å². The first-order valence-electron chi connectivity index (χ1n) is 4.10. The third-order valence-corrected chi connectivity index (χ3v) is 2.56. The molecule has 15 heavy (non-hydrogen) atoms. The van der Waals surface area contributed by atoms with E-state index in [0.717, 1.165) is 0 Å². The van der Waals surface area contributed by atoms with Crippen LogP contribution in [0.1, 0.15) is 5.56 Å². The Morgan fingerprint density at radius 1 is 1.47 bits per heavy atom. The molecular weight excluding hydrogens is 212 g/mol. The number of nitrogens with one attached hydrogen (secondary N) is 2. The maximum absolute atomic E-state index is 7.37. The van der Waals surface area contributed by atoms with E-state index in [9.17, 15) is 0 Å². The summed E-state index contributed by atoms with van der Waals surface area (Å²) in [5.74, 6) is -0.0287. The van der Waals surface area contributed by atoms with E-state index in [1.165, 1.54) is 18.0 Å². The Morgan fingerprint density at radius 3 is 3.00 bits per heavy atom. The van der Waals surface area contributed by atoms with E-state index in [2.05, 4.69) is 20.2 Å². The summed E-state index contributed by atoms with van der Waals surface area (Å²) < 4.78 is 0. The summed E-state index contributed by atoms with van der Waals surface area (Å²) in [5, 5.41) is 16.3. The van der Waals surface area contributed by atoms with Crippen LogP contribution < -0.4 is 5.73 Å². The molecule has 0 unspecified atom stereocenters. The van der Waals surface area contributed by atoms with Crippen LogP contribution in [0.3, 0.4) is 0 Å². The Morgan fingerprint density at radius 2 is 2.33 bits per heavy atom. The highest BCUT2D eigenvalue weighted by atomic mass is 32.2. The largest absolute Gasteiger partial charge is 0.384 e. The standard InChI is InChI=1S/C8H8N6S/c9-6(10)5-1-2-13-14-7(5)15-8-11-3-4-12-8/h1-4H,(H3,9,10)(H,11,12). The smallest absolute Gasteiger partial charge is 0.171 e. The molecule has 2 aromatic rings. The van der Waals surface area contributed by atoms with E-state index < -0.39 is 0 Å². The molecule has 0 atom stereocenters. The van der Waals surface area contributed by atoms with Crippen LogP contribution in [0.4, 0.5) is 0 Å². The Bertz CT molecular complexity index is 466. The number of nitrogens with zero attached hydrogens (tertiary/aromatic N) is 3. The quantitative estimate of drug-likeness (QED) is 0.520. The van der Waals surface area contributed by atoms with Crippen LogP contribution in [0, 0.1) is 5.41 Å². The Kier molecular flexibility index (Phi) is 2.64. The predicted molar refractivity (Wildman–Crippen MR) is 55.8 cm³/mol. The second-order valence-electron chi connectivity index (χ2n) is 2.66. The second kappa shape index (κ2) is 4.09. The van der Waals surface area contributed by atoms with E-state index in [1.54, 1.807) is 18.5 Å². The van der Waals surface area contributed by atoms with Gasteiger partial charge in [-0.2, -0.15) is 5.10 Å².